The maximum Gasteiger partial charge on any atom is 0.255 e. The third kappa shape index (κ3) is 3.94. The Kier molecular flexibility index (Phi) is 5.53. The monoisotopic (exact) mass is 428 g/mol. The van der Waals surface area contributed by atoms with E-state index in [1.54, 1.807) is 17.7 Å². The number of hydrogen-bond acceptors (Lipinski definition) is 4. The predicted molar refractivity (Wildman–Crippen MR) is 128 cm³/mol. The molecule has 2 aromatic heterocycles. The molecule has 1 fully saturated rings. The number of methoxy groups -OCH3 is 1. The molecule has 0 unspecified atom stereocenters. The van der Waals surface area contributed by atoms with Crippen LogP contribution in [0.15, 0.2) is 65.7 Å². The summed E-state index contributed by atoms with van der Waals surface area (Å²) in [5.41, 5.74) is 4.90. The molecule has 0 atom stereocenters. The van der Waals surface area contributed by atoms with Crippen molar-refractivity contribution in [3.8, 4) is 22.6 Å². The number of fused-ring (bicyclic) bond motifs is 1. The topological polar surface area (TPSA) is 52.3 Å². The highest BCUT2D eigenvalue weighted by atomic mass is 16.5. The Bertz CT molecular complexity index is 1320. The summed E-state index contributed by atoms with van der Waals surface area (Å²) in [4.78, 5) is 15.4. The molecular formula is C26H28N4O2. The lowest BCUT2D eigenvalue weighted by Gasteiger charge is -2.14. The molecule has 1 aliphatic heterocycles. The Balaban J connectivity index is 1.40. The highest BCUT2D eigenvalue weighted by Gasteiger charge is 2.13. The van der Waals surface area contributed by atoms with E-state index in [9.17, 15) is 4.79 Å². The van der Waals surface area contributed by atoms with Gasteiger partial charge in [-0.3, -0.25) is 14.0 Å². The molecular weight excluding hydrogens is 400 g/mol. The fourth-order valence-corrected chi connectivity index (χ4v) is 4.59. The Hall–Kier alpha value is -3.38. The lowest BCUT2D eigenvalue weighted by Crippen LogP contribution is -2.24. The number of nitrogens with zero attached hydrogens (tertiary/aromatic N) is 4. The summed E-state index contributed by atoms with van der Waals surface area (Å²) in [5.74, 6) is 0.814. The van der Waals surface area contributed by atoms with Gasteiger partial charge in [0, 0.05) is 29.9 Å². The average Bonchev–Trinajstić information content (AvgIpc) is 3.47. The number of aromatic nitrogens is 3. The normalized spacial score (nSPS) is 14.3. The van der Waals surface area contributed by atoms with Gasteiger partial charge in [-0.15, -0.1) is 0 Å². The zero-order chi connectivity index (χ0) is 22.1. The van der Waals surface area contributed by atoms with Gasteiger partial charge < -0.3 is 9.64 Å². The van der Waals surface area contributed by atoms with Crippen molar-refractivity contribution in [2.75, 3.05) is 26.7 Å². The van der Waals surface area contributed by atoms with Crippen molar-refractivity contribution in [1.29, 1.82) is 0 Å². The molecule has 3 heterocycles. The first-order valence-corrected chi connectivity index (χ1v) is 11.2. The Morgan fingerprint density at radius 3 is 2.59 bits per heavy atom. The van der Waals surface area contributed by atoms with Gasteiger partial charge >= 0.3 is 0 Å². The smallest absolute Gasteiger partial charge is 0.255 e. The van der Waals surface area contributed by atoms with Crippen molar-refractivity contribution in [2.45, 2.75) is 26.3 Å². The van der Waals surface area contributed by atoms with Crippen molar-refractivity contribution in [3.63, 3.8) is 0 Å². The van der Waals surface area contributed by atoms with Crippen LogP contribution in [0.4, 0.5) is 0 Å². The van der Waals surface area contributed by atoms with Gasteiger partial charge in [0.25, 0.3) is 5.56 Å². The summed E-state index contributed by atoms with van der Waals surface area (Å²) in [5, 5.41) is 5.63. The number of aryl methyl sites for hydroxylation is 1. The van der Waals surface area contributed by atoms with Crippen LogP contribution >= 0.6 is 0 Å². The van der Waals surface area contributed by atoms with Crippen molar-refractivity contribution >= 4 is 10.9 Å². The van der Waals surface area contributed by atoms with Crippen molar-refractivity contribution in [3.05, 3.63) is 76.8 Å². The third-order valence-corrected chi connectivity index (χ3v) is 6.39. The first-order valence-electron chi connectivity index (χ1n) is 11.2. The van der Waals surface area contributed by atoms with Gasteiger partial charge in [0.1, 0.15) is 5.75 Å². The minimum atomic E-state index is -0.0570. The standard InChI is InChI=1S/C26H28N4O2/c1-19-15-23(32-2)6-7-24(19)20-9-12-29(26(31)17-20)22-5-8-25-21(16-22)18-27-30(25)14-13-28-10-3-4-11-28/h5-9,12,15-18H,3-4,10-11,13-14H2,1-2H3. The molecule has 5 rings (SSSR count). The lowest BCUT2D eigenvalue weighted by atomic mass is 10.0. The van der Waals surface area contributed by atoms with Gasteiger partial charge in [-0.2, -0.15) is 5.10 Å². The summed E-state index contributed by atoms with van der Waals surface area (Å²) in [7, 11) is 1.66. The van der Waals surface area contributed by atoms with E-state index in [2.05, 4.69) is 20.7 Å². The van der Waals surface area contributed by atoms with Crippen LogP contribution in [0, 0.1) is 6.92 Å². The maximum atomic E-state index is 13.0. The van der Waals surface area contributed by atoms with Crippen molar-refractivity contribution < 1.29 is 4.74 Å². The molecule has 32 heavy (non-hydrogen) atoms. The van der Waals surface area contributed by atoms with E-state index >= 15 is 0 Å². The summed E-state index contributed by atoms with van der Waals surface area (Å²) in [6.45, 7) is 6.33. The van der Waals surface area contributed by atoms with Crippen LogP contribution in [-0.4, -0.2) is 46.0 Å². The second-order valence-electron chi connectivity index (χ2n) is 8.46. The van der Waals surface area contributed by atoms with Crippen molar-refractivity contribution in [1.82, 2.24) is 19.2 Å². The second kappa shape index (κ2) is 8.63. The van der Waals surface area contributed by atoms with E-state index in [1.807, 2.05) is 55.7 Å². The zero-order valence-corrected chi connectivity index (χ0v) is 18.6. The molecule has 0 saturated carbocycles. The molecule has 4 aromatic rings. The minimum Gasteiger partial charge on any atom is -0.497 e. The van der Waals surface area contributed by atoms with Crippen LogP contribution in [0.2, 0.25) is 0 Å². The Labute approximate surface area is 187 Å². The van der Waals surface area contributed by atoms with E-state index in [0.29, 0.717) is 0 Å². The molecule has 1 saturated heterocycles. The molecule has 0 N–H and O–H groups in total. The average molecular weight is 429 g/mol. The van der Waals surface area contributed by atoms with Gasteiger partial charge in [0.2, 0.25) is 0 Å². The fraction of sp³-hybridized carbons (Fsp3) is 0.308. The minimum absolute atomic E-state index is 0.0570. The van der Waals surface area contributed by atoms with Crippen LogP contribution in [-0.2, 0) is 6.54 Å². The second-order valence-corrected chi connectivity index (χ2v) is 8.46. The van der Waals surface area contributed by atoms with E-state index in [4.69, 9.17) is 4.74 Å². The molecule has 6 heteroatoms. The van der Waals surface area contributed by atoms with Crippen LogP contribution in [0.1, 0.15) is 18.4 Å². The highest BCUT2D eigenvalue weighted by Crippen LogP contribution is 2.26. The number of pyridine rings is 1. The van der Waals surface area contributed by atoms with E-state index in [-0.39, 0.29) is 5.56 Å². The molecule has 1 aliphatic rings. The molecule has 2 aromatic carbocycles. The number of likely N-dealkylation sites (tertiary alicyclic amines) is 1. The highest BCUT2D eigenvalue weighted by molar-refractivity contribution is 5.81. The summed E-state index contributed by atoms with van der Waals surface area (Å²) < 4.78 is 9.04. The van der Waals surface area contributed by atoms with E-state index in [1.165, 1.54) is 25.9 Å². The number of benzene rings is 2. The quantitative estimate of drug-likeness (QED) is 0.460. The summed E-state index contributed by atoms with van der Waals surface area (Å²) in [6, 6.07) is 15.7. The van der Waals surface area contributed by atoms with Crippen molar-refractivity contribution in [2.24, 2.45) is 0 Å². The summed E-state index contributed by atoms with van der Waals surface area (Å²) >= 11 is 0. The van der Waals surface area contributed by atoms with E-state index < -0.39 is 0 Å². The zero-order valence-electron chi connectivity index (χ0n) is 18.6. The molecule has 6 nitrogen and oxygen atoms in total. The fourth-order valence-electron chi connectivity index (χ4n) is 4.59. The first kappa shape index (κ1) is 20.5. The Morgan fingerprint density at radius 2 is 1.84 bits per heavy atom. The number of hydrogen-bond donors (Lipinski definition) is 0. The van der Waals surface area contributed by atoms with Gasteiger partial charge in [-0.25, -0.2) is 0 Å². The number of rotatable bonds is 6. The lowest BCUT2D eigenvalue weighted by molar-refractivity contribution is 0.318. The van der Waals surface area contributed by atoms with Crippen LogP contribution < -0.4 is 10.3 Å². The molecule has 0 radical (unpaired) electrons. The first-order chi connectivity index (χ1) is 15.6. The summed E-state index contributed by atoms with van der Waals surface area (Å²) in [6.07, 6.45) is 6.34. The maximum absolute atomic E-state index is 13.0. The molecule has 0 bridgehead atoms. The molecule has 0 amide bonds. The van der Waals surface area contributed by atoms with Crippen LogP contribution in [0.3, 0.4) is 0 Å². The van der Waals surface area contributed by atoms with Gasteiger partial charge in [0.15, 0.2) is 0 Å². The molecule has 164 valence electrons. The van der Waals surface area contributed by atoms with Gasteiger partial charge in [-0.05, 0) is 85.9 Å². The molecule has 0 aliphatic carbocycles. The largest absolute Gasteiger partial charge is 0.497 e. The SMILES string of the molecule is COc1ccc(-c2ccn(-c3ccc4c(cnn4CCN4CCCC4)c3)c(=O)c2)c(C)c1. The third-order valence-electron chi connectivity index (χ3n) is 6.39. The van der Waals surface area contributed by atoms with Gasteiger partial charge in [0.05, 0.1) is 25.4 Å². The number of ether oxygens (including phenoxy) is 1. The van der Waals surface area contributed by atoms with Gasteiger partial charge in [-0.1, -0.05) is 6.07 Å². The van der Waals surface area contributed by atoms with Crippen LogP contribution in [0.5, 0.6) is 5.75 Å². The molecule has 0 spiro atoms. The van der Waals surface area contributed by atoms with E-state index in [0.717, 1.165) is 52.1 Å². The van der Waals surface area contributed by atoms with Crippen LogP contribution in [0.25, 0.3) is 27.7 Å². The Morgan fingerprint density at radius 1 is 1.00 bits per heavy atom. The predicted octanol–water partition coefficient (Wildman–Crippen LogP) is 4.27.